The van der Waals surface area contributed by atoms with E-state index in [9.17, 15) is 23.1 Å². The lowest BCUT2D eigenvalue weighted by atomic mass is 9.84. The highest BCUT2D eigenvalue weighted by atomic mass is 35.5. The van der Waals surface area contributed by atoms with E-state index in [-0.39, 0.29) is 12.0 Å². The highest BCUT2D eigenvalue weighted by Gasteiger charge is 2.35. The molecule has 0 saturated carbocycles. The molecule has 1 fully saturated rings. The molecule has 2 aromatic rings. The van der Waals surface area contributed by atoms with Crippen LogP contribution >= 0.6 is 11.6 Å². The average molecular weight is 426 g/mol. The molecule has 29 heavy (non-hydrogen) atoms. The van der Waals surface area contributed by atoms with Gasteiger partial charge in [-0.05, 0) is 49.6 Å². The fourth-order valence-corrected chi connectivity index (χ4v) is 3.89. The zero-order valence-electron chi connectivity index (χ0n) is 15.9. The summed E-state index contributed by atoms with van der Waals surface area (Å²) in [5, 5.41) is 11.5. The first kappa shape index (κ1) is 21.8. The summed E-state index contributed by atoms with van der Waals surface area (Å²) in [7, 11) is 0. The number of Topliss-reactive ketones (excluding diaryl/α,β-unsaturated/α-hetero) is 1. The van der Waals surface area contributed by atoms with Crippen molar-refractivity contribution in [3.05, 3.63) is 70.2 Å². The van der Waals surface area contributed by atoms with Crippen molar-refractivity contribution < 1.29 is 23.1 Å². The number of hydrogen-bond donors (Lipinski definition) is 1. The van der Waals surface area contributed by atoms with Crippen molar-refractivity contribution >= 4 is 17.4 Å². The van der Waals surface area contributed by atoms with E-state index in [1.807, 2.05) is 12.1 Å². The number of carbonyl (C=O) groups excluding carboxylic acids is 1. The monoisotopic (exact) mass is 425 g/mol. The molecule has 3 nitrogen and oxygen atoms in total. The second-order valence-corrected chi connectivity index (χ2v) is 7.89. The Morgan fingerprint density at radius 2 is 1.69 bits per heavy atom. The number of piperidine rings is 1. The van der Waals surface area contributed by atoms with Gasteiger partial charge in [-0.3, -0.25) is 4.79 Å². The van der Waals surface area contributed by atoms with Gasteiger partial charge in [0.25, 0.3) is 0 Å². The molecular formula is C22H23ClF3NO2. The molecule has 1 N–H and O–H groups in total. The van der Waals surface area contributed by atoms with E-state index >= 15 is 0 Å². The predicted octanol–water partition coefficient (Wildman–Crippen LogP) is 5.31. The first-order chi connectivity index (χ1) is 13.7. The molecule has 0 radical (unpaired) electrons. The standard InChI is InChI=1S/C22H23ClF3NO2/c23-17-9-7-16(8-10-17)21(29)11-14-27(15-12-21)13-3-6-20(28)18-4-1-2-5-19(18)22(24,25)26/h1-2,4-5,7-10,29H,3,6,11-15H2. The van der Waals surface area contributed by atoms with Gasteiger partial charge in [-0.2, -0.15) is 13.2 Å². The number of rotatable bonds is 6. The number of aliphatic hydroxyl groups is 1. The van der Waals surface area contributed by atoms with Crippen LogP contribution in [0.3, 0.4) is 0 Å². The molecule has 1 heterocycles. The first-order valence-electron chi connectivity index (χ1n) is 9.59. The molecule has 0 amide bonds. The van der Waals surface area contributed by atoms with E-state index in [1.165, 1.54) is 18.2 Å². The molecule has 1 aliphatic heterocycles. The number of hydrogen-bond acceptors (Lipinski definition) is 3. The SMILES string of the molecule is O=C(CCCN1CCC(O)(c2ccc(Cl)cc2)CC1)c1ccccc1C(F)(F)F. The molecule has 3 rings (SSSR count). The van der Waals surface area contributed by atoms with Crippen molar-refractivity contribution in [2.45, 2.75) is 37.5 Å². The quantitative estimate of drug-likeness (QED) is 0.638. The Morgan fingerprint density at radius 3 is 2.31 bits per heavy atom. The van der Waals surface area contributed by atoms with Crippen LogP contribution in [0.2, 0.25) is 5.02 Å². The van der Waals surface area contributed by atoms with Crippen LogP contribution in [-0.4, -0.2) is 35.4 Å². The minimum atomic E-state index is -4.54. The van der Waals surface area contributed by atoms with Crippen LogP contribution in [0.15, 0.2) is 48.5 Å². The second-order valence-electron chi connectivity index (χ2n) is 7.45. The maximum atomic E-state index is 13.1. The first-order valence-corrected chi connectivity index (χ1v) is 9.97. The molecule has 0 unspecified atom stereocenters. The number of ketones is 1. The molecule has 0 spiro atoms. The fourth-order valence-electron chi connectivity index (χ4n) is 3.77. The smallest absolute Gasteiger partial charge is 0.385 e. The van der Waals surface area contributed by atoms with Gasteiger partial charge in [0.05, 0.1) is 11.2 Å². The highest BCUT2D eigenvalue weighted by Crippen LogP contribution is 2.34. The minimum Gasteiger partial charge on any atom is -0.385 e. The van der Waals surface area contributed by atoms with Crippen LogP contribution in [0.1, 0.15) is 47.2 Å². The van der Waals surface area contributed by atoms with Gasteiger partial charge >= 0.3 is 6.18 Å². The van der Waals surface area contributed by atoms with Gasteiger partial charge < -0.3 is 10.0 Å². The third-order valence-corrected chi connectivity index (χ3v) is 5.73. The zero-order valence-corrected chi connectivity index (χ0v) is 16.6. The Kier molecular flexibility index (Phi) is 6.66. The third kappa shape index (κ3) is 5.38. The van der Waals surface area contributed by atoms with Crippen LogP contribution in [-0.2, 0) is 11.8 Å². The lowest BCUT2D eigenvalue weighted by Gasteiger charge is -2.38. The van der Waals surface area contributed by atoms with Crippen molar-refractivity contribution in [3.8, 4) is 0 Å². The molecule has 7 heteroatoms. The molecular weight excluding hydrogens is 403 g/mol. The Hall–Kier alpha value is -1.89. The summed E-state index contributed by atoms with van der Waals surface area (Å²) in [6, 6.07) is 12.1. The van der Waals surface area contributed by atoms with Crippen molar-refractivity contribution in [2.24, 2.45) is 0 Å². The summed E-state index contributed by atoms with van der Waals surface area (Å²) in [5.41, 5.74) is -1.21. The van der Waals surface area contributed by atoms with Gasteiger partial charge in [-0.25, -0.2) is 0 Å². The van der Waals surface area contributed by atoms with E-state index in [1.54, 1.807) is 12.1 Å². The number of halogens is 4. The van der Waals surface area contributed by atoms with Crippen molar-refractivity contribution in [1.82, 2.24) is 4.90 Å². The van der Waals surface area contributed by atoms with Crippen molar-refractivity contribution in [2.75, 3.05) is 19.6 Å². The second kappa shape index (κ2) is 8.86. The molecule has 156 valence electrons. The van der Waals surface area contributed by atoms with E-state index in [2.05, 4.69) is 4.90 Å². The van der Waals surface area contributed by atoms with Gasteiger partial charge in [0.2, 0.25) is 0 Å². The lowest BCUT2D eigenvalue weighted by Crippen LogP contribution is -2.42. The summed E-state index contributed by atoms with van der Waals surface area (Å²) in [5.74, 6) is -0.493. The fraction of sp³-hybridized carbons (Fsp3) is 0.409. The van der Waals surface area contributed by atoms with Crippen LogP contribution < -0.4 is 0 Å². The number of carbonyl (C=O) groups is 1. The summed E-state index contributed by atoms with van der Waals surface area (Å²) >= 11 is 5.90. The van der Waals surface area contributed by atoms with Crippen LogP contribution in [0.5, 0.6) is 0 Å². The normalized spacial score (nSPS) is 17.3. The highest BCUT2D eigenvalue weighted by molar-refractivity contribution is 6.30. The van der Waals surface area contributed by atoms with Gasteiger partial charge in [-0.1, -0.05) is 41.9 Å². The average Bonchev–Trinajstić information content (AvgIpc) is 2.69. The maximum absolute atomic E-state index is 13.1. The topological polar surface area (TPSA) is 40.5 Å². The van der Waals surface area contributed by atoms with Crippen LogP contribution in [0.4, 0.5) is 13.2 Å². The lowest BCUT2D eigenvalue weighted by molar-refractivity contribution is -0.137. The van der Waals surface area contributed by atoms with Gasteiger partial charge in [0.15, 0.2) is 5.78 Å². The molecule has 1 aliphatic rings. The van der Waals surface area contributed by atoms with E-state index in [0.717, 1.165) is 11.6 Å². The predicted molar refractivity (Wildman–Crippen MR) is 106 cm³/mol. The Morgan fingerprint density at radius 1 is 1.07 bits per heavy atom. The summed E-state index contributed by atoms with van der Waals surface area (Å²) in [6.45, 7) is 1.93. The minimum absolute atomic E-state index is 0.0606. The molecule has 0 bridgehead atoms. The zero-order chi connectivity index (χ0) is 21.1. The van der Waals surface area contributed by atoms with E-state index in [4.69, 9.17) is 11.6 Å². The Bertz CT molecular complexity index is 844. The largest absolute Gasteiger partial charge is 0.417 e. The Labute approximate surface area is 173 Å². The molecule has 1 saturated heterocycles. The molecule has 0 aliphatic carbocycles. The summed E-state index contributed by atoms with van der Waals surface area (Å²) in [6.07, 6.45) is -2.89. The van der Waals surface area contributed by atoms with E-state index in [0.29, 0.717) is 43.9 Å². The van der Waals surface area contributed by atoms with Crippen LogP contribution in [0.25, 0.3) is 0 Å². The molecule has 0 atom stereocenters. The number of alkyl halides is 3. The third-order valence-electron chi connectivity index (χ3n) is 5.48. The summed E-state index contributed by atoms with van der Waals surface area (Å²) in [4.78, 5) is 14.4. The van der Waals surface area contributed by atoms with E-state index < -0.39 is 23.1 Å². The molecule has 0 aromatic heterocycles. The van der Waals surface area contributed by atoms with Gasteiger partial charge in [-0.15, -0.1) is 0 Å². The number of benzene rings is 2. The number of nitrogens with zero attached hydrogens (tertiary/aromatic N) is 1. The molecule has 2 aromatic carbocycles. The Balaban J connectivity index is 1.50. The van der Waals surface area contributed by atoms with Crippen molar-refractivity contribution in [1.29, 1.82) is 0 Å². The van der Waals surface area contributed by atoms with Crippen molar-refractivity contribution in [3.63, 3.8) is 0 Å². The van der Waals surface area contributed by atoms with Gasteiger partial charge in [0.1, 0.15) is 0 Å². The maximum Gasteiger partial charge on any atom is 0.417 e. The van der Waals surface area contributed by atoms with Crippen LogP contribution in [0, 0.1) is 0 Å². The number of likely N-dealkylation sites (tertiary alicyclic amines) is 1. The summed E-state index contributed by atoms with van der Waals surface area (Å²) < 4.78 is 39.2. The van der Waals surface area contributed by atoms with Gasteiger partial charge in [0, 0.05) is 30.1 Å².